The number of carbonyl (C=O) groups is 1. The third-order valence-corrected chi connectivity index (χ3v) is 4.06. The second-order valence-corrected chi connectivity index (χ2v) is 5.66. The molecule has 0 saturated heterocycles. The Labute approximate surface area is 144 Å². The van der Waals surface area contributed by atoms with E-state index in [1.54, 1.807) is 29.2 Å². The molecule has 0 saturated carbocycles. The molecule has 2 aromatic rings. The number of hydrogen-bond acceptors (Lipinski definition) is 5. The van der Waals surface area contributed by atoms with Crippen molar-refractivity contribution in [3.63, 3.8) is 0 Å². The number of unbranched alkanes of at least 4 members (excludes halogenated alkanes) is 1. The van der Waals surface area contributed by atoms with Gasteiger partial charge in [0.2, 0.25) is 0 Å². The van der Waals surface area contributed by atoms with E-state index in [1.165, 1.54) is 19.2 Å². The molecule has 7 heteroatoms. The second kappa shape index (κ2) is 6.80. The zero-order chi connectivity index (χ0) is 18.0. The lowest BCUT2D eigenvalue weighted by molar-refractivity contribution is -0.385. The van der Waals surface area contributed by atoms with Gasteiger partial charge in [-0.05, 0) is 18.6 Å². The minimum Gasteiger partial charge on any atom is -0.496 e. The van der Waals surface area contributed by atoms with Crippen LogP contribution in [-0.2, 0) is 0 Å². The zero-order valence-electron chi connectivity index (χ0n) is 14.0. The van der Waals surface area contributed by atoms with Crippen LogP contribution >= 0.6 is 0 Å². The maximum Gasteiger partial charge on any atom is 0.289 e. The maximum atomic E-state index is 13.1. The number of rotatable bonds is 5. The van der Waals surface area contributed by atoms with Gasteiger partial charge >= 0.3 is 0 Å². The topological polar surface area (TPSA) is 81.9 Å². The van der Waals surface area contributed by atoms with Crippen molar-refractivity contribution in [2.45, 2.75) is 19.8 Å². The normalized spacial score (nSPS) is 12.7. The average Bonchev–Trinajstić information content (AvgIpc) is 2.73. The van der Waals surface area contributed by atoms with Crippen LogP contribution in [-0.4, -0.2) is 24.5 Å². The lowest BCUT2D eigenvalue weighted by atomic mass is 10.1. The number of anilines is 1. The molecule has 0 unspecified atom stereocenters. The van der Waals surface area contributed by atoms with Crippen molar-refractivity contribution >= 4 is 17.3 Å². The number of carbonyl (C=O) groups excluding carboxylic acids is 1. The highest BCUT2D eigenvalue weighted by Gasteiger charge is 2.35. The Morgan fingerprint density at radius 3 is 2.68 bits per heavy atom. The molecule has 0 aromatic heterocycles. The van der Waals surface area contributed by atoms with Crippen LogP contribution in [0.1, 0.15) is 30.1 Å². The summed E-state index contributed by atoms with van der Waals surface area (Å²) in [6.45, 7) is 2.48. The molecule has 3 rings (SSSR count). The summed E-state index contributed by atoms with van der Waals surface area (Å²) in [4.78, 5) is 25.6. The van der Waals surface area contributed by atoms with Crippen molar-refractivity contribution < 1.29 is 19.2 Å². The van der Waals surface area contributed by atoms with E-state index in [0.29, 0.717) is 18.0 Å². The lowest BCUT2D eigenvalue weighted by Crippen LogP contribution is -2.31. The fourth-order valence-corrected chi connectivity index (χ4v) is 2.80. The Hall–Kier alpha value is -3.09. The summed E-state index contributed by atoms with van der Waals surface area (Å²) in [7, 11) is 1.41. The molecule has 1 aliphatic rings. The number of fused-ring (bicyclic) bond motifs is 2. The van der Waals surface area contributed by atoms with E-state index in [1.807, 2.05) is 6.92 Å². The summed E-state index contributed by atoms with van der Waals surface area (Å²) in [5, 5.41) is 11.5. The first-order valence-electron chi connectivity index (χ1n) is 8.02. The van der Waals surface area contributed by atoms with Crippen molar-refractivity contribution in [1.29, 1.82) is 0 Å². The zero-order valence-corrected chi connectivity index (χ0v) is 14.0. The molecule has 130 valence electrons. The van der Waals surface area contributed by atoms with Crippen molar-refractivity contribution in [1.82, 2.24) is 0 Å². The molecule has 7 nitrogen and oxygen atoms in total. The number of para-hydroxylation sites is 2. The van der Waals surface area contributed by atoms with Gasteiger partial charge in [0.25, 0.3) is 11.6 Å². The smallest absolute Gasteiger partial charge is 0.289 e. The number of hydrogen-bond donors (Lipinski definition) is 0. The van der Waals surface area contributed by atoms with Crippen LogP contribution in [0.3, 0.4) is 0 Å². The summed E-state index contributed by atoms with van der Waals surface area (Å²) < 4.78 is 11.0. The molecule has 0 bridgehead atoms. The first-order valence-corrected chi connectivity index (χ1v) is 8.02. The molecule has 1 amide bonds. The quantitative estimate of drug-likeness (QED) is 0.602. The summed E-state index contributed by atoms with van der Waals surface area (Å²) in [6, 6.07) is 9.86. The molecule has 1 heterocycles. The highest BCUT2D eigenvalue weighted by molar-refractivity contribution is 6.12. The molecule has 0 atom stereocenters. The number of nitro groups is 1. The Balaban J connectivity index is 2.23. The van der Waals surface area contributed by atoms with Crippen LogP contribution in [0.5, 0.6) is 17.2 Å². The van der Waals surface area contributed by atoms with E-state index in [9.17, 15) is 14.9 Å². The van der Waals surface area contributed by atoms with Gasteiger partial charge < -0.3 is 14.4 Å². The SMILES string of the molecule is CCCCN1C(=O)c2c(cc(OC)cc2[N+](=O)[O-])Oc2ccccc21. The molecule has 25 heavy (non-hydrogen) atoms. The number of amides is 1. The number of nitrogens with zero attached hydrogens (tertiary/aromatic N) is 2. The number of methoxy groups -OCH3 is 1. The van der Waals surface area contributed by atoms with Crippen LogP contribution in [0.25, 0.3) is 0 Å². The highest BCUT2D eigenvalue weighted by Crippen LogP contribution is 2.43. The molecular formula is C18H18N2O5. The van der Waals surface area contributed by atoms with Crippen LogP contribution in [0, 0.1) is 10.1 Å². The first-order chi connectivity index (χ1) is 12.1. The molecule has 0 radical (unpaired) electrons. The summed E-state index contributed by atoms with van der Waals surface area (Å²) >= 11 is 0. The summed E-state index contributed by atoms with van der Waals surface area (Å²) in [6.07, 6.45) is 1.67. The Kier molecular flexibility index (Phi) is 4.56. The molecule has 0 N–H and O–H groups in total. The fourth-order valence-electron chi connectivity index (χ4n) is 2.80. The molecule has 1 aliphatic heterocycles. The van der Waals surface area contributed by atoms with E-state index in [2.05, 4.69) is 0 Å². The predicted molar refractivity (Wildman–Crippen MR) is 92.7 cm³/mol. The van der Waals surface area contributed by atoms with Gasteiger partial charge in [0, 0.05) is 12.6 Å². The average molecular weight is 342 g/mol. The van der Waals surface area contributed by atoms with Crippen molar-refractivity contribution in [2.24, 2.45) is 0 Å². The van der Waals surface area contributed by atoms with Crippen LogP contribution in [0.15, 0.2) is 36.4 Å². The summed E-state index contributed by atoms with van der Waals surface area (Å²) in [5.74, 6) is 0.427. The molecule has 2 aromatic carbocycles. The van der Waals surface area contributed by atoms with E-state index in [0.717, 1.165) is 12.8 Å². The number of ether oxygens (including phenoxy) is 2. The van der Waals surface area contributed by atoms with E-state index in [-0.39, 0.29) is 22.7 Å². The largest absolute Gasteiger partial charge is 0.496 e. The predicted octanol–water partition coefficient (Wildman–Crippen LogP) is 4.16. The number of nitro benzene ring substituents is 1. The Morgan fingerprint density at radius 1 is 1.24 bits per heavy atom. The van der Waals surface area contributed by atoms with E-state index < -0.39 is 10.8 Å². The minimum atomic E-state index is -0.587. The first kappa shape index (κ1) is 16.8. The third kappa shape index (κ3) is 3.00. The van der Waals surface area contributed by atoms with Gasteiger partial charge in [0.1, 0.15) is 5.75 Å². The summed E-state index contributed by atoms with van der Waals surface area (Å²) in [5.41, 5.74) is 0.220. The Morgan fingerprint density at radius 2 is 2.00 bits per heavy atom. The lowest BCUT2D eigenvalue weighted by Gasteiger charge is -2.21. The highest BCUT2D eigenvalue weighted by atomic mass is 16.6. The number of benzene rings is 2. The maximum absolute atomic E-state index is 13.1. The molecule has 0 spiro atoms. The van der Waals surface area contributed by atoms with Gasteiger partial charge in [0.15, 0.2) is 17.1 Å². The Bertz CT molecular complexity index is 834. The van der Waals surface area contributed by atoms with E-state index in [4.69, 9.17) is 9.47 Å². The van der Waals surface area contributed by atoms with Gasteiger partial charge in [-0.3, -0.25) is 14.9 Å². The molecule has 0 fully saturated rings. The monoisotopic (exact) mass is 342 g/mol. The molecular weight excluding hydrogens is 324 g/mol. The fraction of sp³-hybridized carbons (Fsp3) is 0.278. The van der Waals surface area contributed by atoms with Gasteiger partial charge in [-0.15, -0.1) is 0 Å². The third-order valence-electron chi connectivity index (χ3n) is 4.06. The van der Waals surface area contributed by atoms with Crippen LogP contribution < -0.4 is 14.4 Å². The van der Waals surface area contributed by atoms with Crippen molar-refractivity contribution in [3.05, 3.63) is 52.1 Å². The second-order valence-electron chi connectivity index (χ2n) is 5.66. The molecule has 0 aliphatic carbocycles. The minimum absolute atomic E-state index is 0.0573. The van der Waals surface area contributed by atoms with Gasteiger partial charge in [0.05, 0.1) is 23.8 Å². The van der Waals surface area contributed by atoms with E-state index >= 15 is 0 Å². The van der Waals surface area contributed by atoms with Crippen LogP contribution in [0.2, 0.25) is 0 Å². The van der Waals surface area contributed by atoms with Crippen molar-refractivity contribution in [2.75, 3.05) is 18.6 Å². The van der Waals surface area contributed by atoms with Gasteiger partial charge in [-0.2, -0.15) is 0 Å². The van der Waals surface area contributed by atoms with Crippen LogP contribution in [0.4, 0.5) is 11.4 Å². The van der Waals surface area contributed by atoms with Gasteiger partial charge in [-0.25, -0.2) is 0 Å². The van der Waals surface area contributed by atoms with Gasteiger partial charge in [-0.1, -0.05) is 25.5 Å². The standard InChI is InChI=1S/C18H18N2O5/c1-3-4-9-19-13-7-5-6-8-15(13)25-16-11-12(24-2)10-14(20(22)23)17(16)18(19)21/h5-8,10-11H,3-4,9H2,1-2H3. The van der Waals surface area contributed by atoms with Crippen molar-refractivity contribution in [3.8, 4) is 17.2 Å².